The number of hydrogen-bond acceptors (Lipinski definition) is 4. The quantitative estimate of drug-likeness (QED) is 0.592. The van der Waals surface area contributed by atoms with Crippen molar-refractivity contribution in [3.8, 4) is 5.75 Å². The molecule has 4 heteroatoms. The summed E-state index contributed by atoms with van der Waals surface area (Å²) < 4.78 is 10.4. The van der Waals surface area contributed by atoms with E-state index in [0.717, 1.165) is 44.4 Å². The molecule has 1 atom stereocenters. The molecule has 1 aromatic rings. The van der Waals surface area contributed by atoms with Crippen molar-refractivity contribution in [2.24, 2.45) is 0 Å². The van der Waals surface area contributed by atoms with Gasteiger partial charge in [-0.05, 0) is 62.8 Å². The normalized spacial score (nSPS) is 16.9. The van der Waals surface area contributed by atoms with Crippen LogP contribution in [0.3, 0.4) is 0 Å². The molecule has 0 fully saturated rings. The number of esters is 1. The van der Waals surface area contributed by atoms with Crippen LogP contribution in [0.15, 0.2) is 18.2 Å². The first-order chi connectivity index (χ1) is 10.7. The molecule has 22 heavy (non-hydrogen) atoms. The third kappa shape index (κ3) is 4.73. The molecule has 0 bridgehead atoms. The predicted octanol–water partition coefficient (Wildman–Crippen LogP) is 2.88. The van der Waals surface area contributed by atoms with Gasteiger partial charge in [-0.3, -0.25) is 4.79 Å². The number of fused-ring (bicyclic) bond motifs is 1. The molecule has 1 N–H and O–H groups in total. The summed E-state index contributed by atoms with van der Waals surface area (Å²) in [6, 6.07) is 6.82. The summed E-state index contributed by atoms with van der Waals surface area (Å²) in [5, 5.41) is 3.61. The lowest BCUT2D eigenvalue weighted by atomic mass is 9.87. The van der Waals surface area contributed by atoms with Crippen molar-refractivity contribution in [3.05, 3.63) is 29.3 Å². The van der Waals surface area contributed by atoms with E-state index in [0.29, 0.717) is 19.1 Å². The molecule has 2 rings (SSSR count). The minimum atomic E-state index is -0.0844. The molecule has 0 saturated heterocycles. The van der Waals surface area contributed by atoms with Crippen molar-refractivity contribution in [1.29, 1.82) is 0 Å². The minimum absolute atomic E-state index is 0.0844. The van der Waals surface area contributed by atoms with Gasteiger partial charge in [0, 0.05) is 12.5 Å². The maximum atomic E-state index is 11.3. The molecule has 1 aromatic carbocycles. The molecule has 1 unspecified atom stereocenters. The Bertz CT molecular complexity index is 473. The second-order valence-corrected chi connectivity index (χ2v) is 5.75. The van der Waals surface area contributed by atoms with Crippen molar-refractivity contribution in [1.82, 2.24) is 5.32 Å². The third-order valence-electron chi connectivity index (χ3n) is 4.21. The van der Waals surface area contributed by atoms with Crippen molar-refractivity contribution in [2.45, 2.75) is 51.5 Å². The monoisotopic (exact) mass is 305 g/mol. The lowest BCUT2D eigenvalue weighted by Gasteiger charge is -2.27. The first-order valence-corrected chi connectivity index (χ1v) is 8.28. The van der Waals surface area contributed by atoms with E-state index in [-0.39, 0.29) is 5.97 Å². The van der Waals surface area contributed by atoms with Gasteiger partial charge in [0.1, 0.15) is 5.75 Å². The van der Waals surface area contributed by atoms with E-state index in [1.807, 2.05) is 13.0 Å². The Morgan fingerprint density at radius 3 is 3.00 bits per heavy atom. The molecule has 0 spiro atoms. The lowest BCUT2D eigenvalue weighted by Crippen LogP contribution is -2.35. The first kappa shape index (κ1) is 16.8. The van der Waals surface area contributed by atoms with E-state index in [2.05, 4.69) is 17.4 Å². The van der Waals surface area contributed by atoms with Crippen LogP contribution in [0.2, 0.25) is 0 Å². The van der Waals surface area contributed by atoms with Crippen molar-refractivity contribution < 1.29 is 14.3 Å². The number of carbonyl (C=O) groups excluding carboxylic acids is 1. The molecule has 0 amide bonds. The van der Waals surface area contributed by atoms with E-state index < -0.39 is 0 Å². The molecule has 0 radical (unpaired) electrons. The fourth-order valence-corrected chi connectivity index (χ4v) is 3.05. The predicted molar refractivity (Wildman–Crippen MR) is 87.3 cm³/mol. The average molecular weight is 305 g/mol. The SMILES string of the molecule is CCOC(=O)CCCCNC1CCc2cccc(OC)c2C1. The number of rotatable bonds is 8. The highest BCUT2D eigenvalue weighted by Gasteiger charge is 2.20. The zero-order valence-corrected chi connectivity index (χ0v) is 13.7. The van der Waals surface area contributed by atoms with Crippen LogP contribution in [0, 0.1) is 0 Å². The van der Waals surface area contributed by atoms with Crippen LogP contribution < -0.4 is 10.1 Å². The Balaban J connectivity index is 1.71. The van der Waals surface area contributed by atoms with Crippen LogP contribution in [0.1, 0.15) is 43.7 Å². The molecule has 122 valence electrons. The zero-order chi connectivity index (χ0) is 15.8. The van der Waals surface area contributed by atoms with E-state index in [9.17, 15) is 4.79 Å². The summed E-state index contributed by atoms with van der Waals surface area (Å²) >= 11 is 0. The number of methoxy groups -OCH3 is 1. The van der Waals surface area contributed by atoms with Gasteiger partial charge in [-0.1, -0.05) is 12.1 Å². The maximum Gasteiger partial charge on any atom is 0.305 e. The fraction of sp³-hybridized carbons (Fsp3) is 0.611. The number of aryl methyl sites for hydroxylation is 1. The number of benzene rings is 1. The second-order valence-electron chi connectivity index (χ2n) is 5.75. The Morgan fingerprint density at radius 2 is 2.23 bits per heavy atom. The first-order valence-electron chi connectivity index (χ1n) is 8.28. The standard InChI is InChI=1S/C18H27NO3/c1-3-22-18(20)9-4-5-12-19-15-11-10-14-7-6-8-17(21-2)16(14)13-15/h6-8,15,19H,3-5,9-13H2,1-2H3. The average Bonchev–Trinajstić information content (AvgIpc) is 2.54. The summed E-state index contributed by atoms with van der Waals surface area (Å²) in [5.41, 5.74) is 2.76. The Labute approximate surface area is 133 Å². The van der Waals surface area contributed by atoms with E-state index in [4.69, 9.17) is 9.47 Å². The van der Waals surface area contributed by atoms with Crippen LogP contribution in [0.5, 0.6) is 5.75 Å². The topological polar surface area (TPSA) is 47.6 Å². The van der Waals surface area contributed by atoms with Gasteiger partial charge < -0.3 is 14.8 Å². The summed E-state index contributed by atoms with van der Waals surface area (Å²) in [4.78, 5) is 11.3. The molecule has 0 aliphatic heterocycles. The van der Waals surface area contributed by atoms with E-state index in [1.54, 1.807) is 7.11 Å². The van der Waals surface area contributed by atoms with Crippen LogP contribution in [0.25, 0.3) is 0 Å². The Morgan fingerprint density at radius 1 is 1.36 bits per heavy atom. The van der Waals surface area contributed by atoms with Gasteiger partial charge in [-0.2, -0.15) is 0 Å². The van der Waals surface area contributed by atoms with Gasteiger partial charge in [-0.15, -0.1) is 0 Å². The molecule has 4 nitrogen and oxygen atoms in total. The molecular formula is C18H27NO3. The largest absolute Gasteiger partial charge is 0.496 e. The Hall–Kier alpha value is -1.55. The molecule has 1 aliphatic rings. The third-order valence-corrected chi connectivity index (χ3v) is 4.21. The fourth-order valence-electron chi connectivity index (χ4n) is 3.05. The summed E-state index contributed by atoms with van der Waals surface area (Å²) in [7, 11) is 1.74. The van der Waals surface area contributed by atoms with E-state index in [1.165, 1.54) is 11.1 Å². The molecule has 0 heterocycles. The van der Waals surface area contributed by atoms with Crippen molar-refractivity contribution in [2.75, 3.05) is 20.3 Å². The molecular weight excluding hydrogens is 278 g/mol. The Kier molecular flexibility index (Phi) is 6.72. The summed E-state index contributed by atoms with van der Waals surface area (Å²) in [6.45, 7) is 3.27. The molecule has 1 aliphatic carbocycles. The second kappa shape index (κ2) is 8.79. The van der Waals surface area contributed by atoms with Crippen LogP contribution in [-0.4, -0.2) is 32.3 Å². The van der Waals surface area contributed by atoms with Gasteiger partial charge in [0.25, 0.3) is 0 Å². The zero-order valence-electron chi connectivity index (χ0n) is 13.7. The number of carbonyl (C=O) groups is 1. The van der Waals surface area contributed by atoms with Gasteiger partial charge >= 0.3 is 5.97 Å². The number of hydrogen-bond donors (Lipinski definition) is 1. The number of unbranched alkanes of at least 4 members (excludes halogenated alkanes) is 1. The van der Waals surface area contributed by atoms with Crippen LogP contribution in [0.4, 0.5) is 0 Å². The molecule has 0 saturated carbocycles. The molecule has 0 aromatic heterocycles. The van der Waals surface area contributed by atoms with E-state index >= 15 is 0 Å². The van der Waals surface area contributed by atoms with Gasteiger partial charge in [0.15, 0.2) is 0 Å². The van der Waals surface area contributed by atoms with Crippen LogP contribution in [-0.2, 0) is 22.4 Å². The van der Waals surface area contributed by atoms with Crippen molar-refractivity contribution >= 4 is 5.97 Å². The minimum Gasteiger partial charge on any atom is -0.496 e. The van der Waals surface area contributed by atoms with Gasteiger partial charge in [-0.25, -0.2) is 0 Å². The van der Waals surface area contributed by atoms with Crippen LogP contribution >= 0.6 is 0 Å². The highest BCUT2D eigenvalue weighted by molar-refractivity contribution is 5.69. The highest BCUT2D eigenvalue weighted by Crippen LogP contribution is 2.29. The number of nitrogens with one attached hydrogen (secondary N) is 1. The number of ether oxygens (including phenoxy) is 2. The van der Waals surface area contributed by atoms with Crippen molar-refractivity contribution in [3.63, 3.8) is 0 Å². The lowest BCUT2D eigenvalue weighted by molar-refractivity contribution is -0.143. The highest BCUT2D eigenvalue weighted by atomic mass is 16.5. The summed E-state index contributed by atoms with van der Waals surface area (Å²) in [5.74, 6) is 0.921. The smallest absolute Gasteiger partial charge is 0.305 e. The maximum absolute atomic E-state index is 11.3. The van der Waals surface area contributed by atoms with Gasteiger partial charge in [0.2, 0.25) is 0 Å². The van der Waals surface area contributed by atoms with Gasteiger partial charge in [0.05, 0.1) is 13.7 Å². The summed E-state index contributed by atoms with van der Waals surface area (Å²) in [6.07, 6.45) is 5.71.